The van der Waals surface area contributed by atoms with Crippen LogP contribution >= 0.6 is 0 Å². The standard InChI is InChI=1S/C14H20N2O3/c1-10-6-5-7-11(8-10)9-16(4)13(19)15-14(2,3)12(17)18/h5-8H,9H2,1-4H3,(H,15,19)(H,17,18). The smallest absolute Gasteiger partial charge is 0.328 e. The zero-order valence-electron chi connectivity index (χ0n) is 11.7. The average Bonchev–Trinajstić information content (AvgIpc) is 2.28. The van der Waals surface area contributed by atoms with E-state index in [-0.39, 0.29) is 0 Å². The Hall–Kier alpha value is -2.04. The Morgan fingerprint density at radius 3 is 2.53 bits per heavy atom. The number of amides is 2. The second-order valence-electron chi connectivity index (χ2n) is 5.21. The Kier molecular flexibility index (Phi) is 4.53. The van der Waals surface area contributed by atoms with E-state index in [2.05, 4.69) is 5.32 Å². The molecule has 2 amide bonds. The number of nitrogens with zero attached hydrogens (tertiary/aromatic N) is 1. The van der Waals surface area contributed by atoms with E-state index in [0.29, 0.717) is 6.54 Å². The van der Waals surface area contributed by atoms with E-state index < -0.39 is 17.5 Å². The molecule has 5 nitrogen and oxygen atoms in total. The molecule has 5 heteroatoms. The third-order valence-electron chi connectivity index (χ3n) is 2.80. The van der Waals surface area contributed by atoms with Gasteiger partial charge in [-0.2, -0.15) is 0 Å². The van der Waals surface area contributed by atoms with Crippen molar-refractivity contribution in [3.05, 3.63) is 35.4 Å². The Labute approximate surface area is 113 Å². The van der Waals surface area contributed by atoms with Crippen LogP contribution in [0.5, 0.6) is 0 Å². The number of benzene rings is 1. The molecule has 104 valence electrons. The lowest BCUT2D eigenvalue weighted by molar-refractivity contribution is -0.143. The molecule has 0 atom stereocenters. The molecule has 1 aromatic carbocycles. The van der Waals surface area contributed by atoms with Gasteiger partial charge in [-0.1, -0.05) is 29.8 Å². The van der Waals surface area contributed by atoms with Crippen molar-refractivity contribution in [2.75, 3.05) is 7.05 Å². The first-order valence-corrected chi connectivity index (χ1v) is 6.04. The topological polar surface area (TPSA) is 69.6 Å². The highest BCUT2D eigenvalue weighted by atomic mass is 16.4. The summed E-state index contributed by atoms with van der Waals surface area (Å²) in [7, 11) is 1.63. The first-order valence-electron chi connectivity index (χ1n) is 6.04. The van der Waals surface area contributed by atoms with Crippen LogP contribution in [0.1, 0.15) is 25.0 Å². The summed E-state index contributed by atoms with van der Waals surface area (Å²) < 4.78 is 0. The Morgan fingerprint density at radius 1 is 1.37 bits per heavy atom. The van der Waals surface area contributed by atoms with Crippen LogP contribution < -0.4 is 5.32 Å². The Morgan fingerprint density at radius 2 is 2.00 bits per heavy atom. The maximum Gasteiger partial charge on any atom is 0.328 e. The van der Waals surface area contributed by atoms with Crippen molar-refractivity contribution in [2.24, 2.45) is 0 Å². The lowest BCUT2D eigenvalue weighted by Gasteiger charge is -2.25. The van der Waals surface area contributed by atoms with E-state index in [1.54, 1.807) is 7.05 Å². The van der Waals surface area contributed by atoms with Gasteiger partial charge in [0.1, 0.15) is 5.54 Å². The Bertz CT molecular complexity index is 483. The predicted octanol–water partition coefficient (Wildman–Crippen LogP) is 2.00. The van der Waals surface area contributed by atoms with E-state index in [9.17, 15) is 9.59 Å². The number of aliphatic carboxylic acids is 1. The fraction of sp³-hybridized carbons (Fsp3) is 0.429. The molecule has 0 bridgehead atoms. The van der Waals surface area contributed by atoms with Gasteiger partial charge in [0, 0.05) is 13.6 Å². The summed E-state index contributed by atoms with van der Waals surface area (Å²) in [6, 6.07) is 7.42. The maximum absolute atomic E-state index is 11.9. The highest BCUT2D eigenvalue weighted by Gasteiger charge is 2.30. The van der Waals surface area contributed by atoms with Gasteiger partial charge in [-0.15, -0.1) is 0 Å². The number of nitrogens with one attached hydrogen (secondary N) is 1. The predicted molar refractivity (Wildman–Crippen MR) is 72.9 cm³/mol. The number of aryl methyl sites for hydroxylation is 1. The minimum absolute atomic E-state index is 0.408. The second kappa shape index (κ2) is 5.73. The average molecular weight is 264 g/mol. The van der Waals surface area contributed by atoms with Gasteiger partial charge in [0.2, 0.25) is 0 Å². The van der Waals surface area contributed by atoms with E-state index in [1.807, 2.05) is 31.2 Å². The van der Waals surface area contributed by atoms with Crippen LogP contribution in [0.2, 0.25) is 0 Å². The van der Waals surface area contributed by atoms with E-state index >= 15 is 0 Å². The van der Waals surface area contributed by atoms with Crippen molar-refractivity contribution < 1.29 is 14.7 Å². The molecule has 0 aliphatic carbocycles. The summed E-state index contributed by atoms with van der Waals surface area (Å²) in [5.41, 5.74) is 0.848. The molecule has 0 aliphatic rings. The van der Waals surface area contributed by atoms with Gasteiger partial charge < -0.3 is 15.3 Å². The van der Waals surface area contributed by atoms with E-state index in [0.717, 1.165) is 11.1 Å². The van der Waals surface area contributed by atoms with Crippen LogP contribution in [-0.2, 0) is 11.3 Å². The summed E-state index contributed by atoms with van der Waals surface area (Å²) in [6.07, 6.45) is 0. The van der Waals surface area contributed by atoms with Crippen molar-refractivity contribution in [3.63, 3.8) is 0 Å². The van der Waals surface area contributed by atoms with Gasteiger partial charge in [0.05, 0.1) is 0 Å². The molecule has 19 heavy (non-hydrogen) atoms. The zero-order chi connectivity index (χ0) is 14.6. The molecule has 0 aliphatic heterocycles. The number of carbonyl (C=O) groups excluding carboxylic acids is 1. The highest BCUT2D eigenvalue weighted by Crippen LogP contribution is 2.08. The quantitative estimate of drug-likeness (QED) is 0.874. The zero-order valence-corrected chi connectivity index (χ0v) is 11.7. The van der Waals surface area contributed by atoms with Crippen LogP contribution in [0.25, 0.3) is 0 Å². The van der Waals surface area contributed by atoms with Crippen molar-refractivity contribution >= 4 is 12.0 Å². The molecular formula is C14H20N2O3. The van der Waals surface area contributed by atoms with E-state index in [1.165, 1.54) is 18.7 Å². The van der Waals surface area contributed by atoms with Crippen molar-refractivity contribution in [1.29, 1.82) is 0 Å². The molecule has 0 aromatic heterocycles. The van der Waals surface area contributed by atoms with Gasteiger partial charge >= 0.3 is 12.0 Å². The van der Waals surface area contributed by atoms with Gasteiger partial charge in [-0.3, -0.25) is 0 Å². The van der Waals surface area contributed by atoms with Crippen LogP contribution in [0, 0.1) is 6.92 Å². The van der Waals surface area contributed by atoms with Crippen molar-refractivity contribution in [1.82, 2.24) is 10.2 Å². The minimum Gasteiger partial charge on any atom is -0.480 e. The normalized spacial score (nSPS) is 10.9. The lowest BCUT2D eigenvalue weighted by Crippen LogP contribution is -2.53. The number of urea groups is 1. The number of carboxylic acid groups (broad SMARTS) is 1. The van der Waals surface area contributed by atoms with Gasteiger partial charge in [0.25, 0.3) is 0 Å². The molecule has 0 heterocycles. The molecule has 0 spiro atoms. The minimum atomic E-state index is -1.28. The molecular weight excluding hydrogens is 244 g/mol. The summed E-state index contributed by atoms with van der Waals surface area (Å²) in [5, 5.41) is 11.4. The van der Waals surface area contributed by atoms with Crippen LogP contribution in [0.3, 0.4) is 0 Å². The van der Waals surface area contributed by atoms with Crippen molar-refractivity contribution in [2.45, 2.75) is 32.9 Å². The largest absolute Gasteiger partial charge is 0.480 e. The fourth-order valence-corrected chi connectivity index (χ4v) is 1.57. The molecule has 0 unspecified atom stereocenters. The number of carbonyl (C=O) groups is 2. The first-order chi connectivity index (χ1) is 8.72. The monoisotopic (exact) mass is 264 g/mol. The molecule has 0 radical (unpaired) electrons. The first kappa shape index (κ1) is 15.0. The summed E-state index contributed by atoms with van der Waals surface area (Å²) in [4.78, 5) is 24.3. The van der Waals surface area contributed by atoms with Crippen molar-refractivity contribution in [3.8, 4) is 0 Å². The van der Waals surface area contributed by atoms with Gasteiger partial charge in [-0.05, 0) is 26.3 Å². The second-order valence-corrected chi connectivity index (χ2v) is 5.21. The number of rotatable bonds is 4. The molecule has 0 saturated carbocycles. The number of hydrogen-bond donors (Lipinski definition) is 2. The fourth-order valence-electron chi connectivity index (χ4n) is 1.57. The number of carboxylic acids is 1. The van der Waals surface area contributed by atoms with E-state index in [4.69, 9.17) is 5.11 Å². The lowest BCUT2D eigenvalue weighted by atomic mass is 10.1. The summed E-state index contributed by atoms with van der Waals surface area (Å²) >= 11 is 0. The SMILES string of the molecule is Cc1cccc(CN(C)C(=O)NC(C)(C)C(=O)O)c1. The number of hydrogen-bond acceptors (Lipinski definition) is 2. The molecule has 0 fully saturated rings. The molecule has 2 N–H and O–H groups in total. The highest BCUT2D eigenvalue weighted by molar-refractivity contribution is 5.85. The maximum atomic E-state index is 11.9. The third kappa shape index (κ3) is 4.28. The third-order valence-corrected chi connectivity index (χ3v) is 2.80. The Balaban J connectivity index is 2.66. The molecule has 1 rings (SSSR count). The summed E-state index contributed by atoms with van der Waals surface area (Å²) in [5.74, 6) is -1.06. The van der Waals surface area contributed by atoms with Crippen LogP contribution in [0.4, 0.5) is 4.79 Å². The summed E-state index contributed by atoms with van der Waals surface area (Å²) in [6.45, 7) is 5.32. The molecule has 0 saturated heterocycles. The van der Waals surface area contributed by atoms with Crippen LogP contribution in [-0.4, -0.2) is 34.6 Å². The van der Waals surface area contributed by atoms with Crippen LogP contribution in [0.15, 0.2) is 24.3 Å². The van der Waals surface area contributed by atoms with Gasteiger partial charge in [0.15, 0.2) is 0 Å². The van der Waals surface area contributed by atoms with Gasteiger partial charge in [-0.25, -0.2) is 9.59 Å². The molecule has 1 aromatic rings.